The second-order valence-corrected chi connectivity index (χ2v) is 14.2. The van der Waals surface area contributed by atoms with Crippen LogP contribution in [0.4, 0.5) is 5.95 Å². The van der Waals surface area contributed by atoms with Gasteiger partial charge in [-0.25, -0.2) is 19.6 Å². The monoisotopic (exact) mass is 830 g/mol. The fourth-order valence-corrected chi connectivity index (χ4v) is 6.91. The topological polar surface area (TPSA) is 334 Å². The number of anilines is 1. The summed E-state index contributed by atoms with van der Waals surface area (Å²) in [5.41, 5.74) is 7.54. The van der Waals surface area contributed by atoms with Crippen LogP contribution >= 0.6 is 0 Å². The third-order valence-electron chi connectivity index (χ3n) is 10.1. The molecule has 0 radical (unpaired) electrons. The summed E-state index contributed by atoms with van der Waals surface area (Å²) in [6, 6.07) is 7.71. The molecule has 59 heavy (non-hydrogen) atoms. The number of imidazole rings is 1. The highest BCUT2D eigenvalue weighted by Crippen LogP contribution is 2.26. The van der Waals surface area contributed by atoms with Crippen LogP contribution in [-0.2, 0) is 34.4 Å². The van der Waals surface area contributed by atoms with Crippen molar-refractivity contribution in [3.05, 3.63) is 56.6 Å². The Hall–Kier alpha value is -4.90. The molecule has 4 aromatic rings. The predicted octanol–water partition coefficient (Wildman–Crippen LogP) is -4.52. The number of carbonyl (C=O) groups is 1. The Balaban J connectivity index is 0.000000243. The van der Waals surface area contributed by atoms with E-state index < -0.39 is 85.6 Å². The van der Waals surface area contributed by atoms with E-state index >= 15 is 0 Å². The lowest BCUT2D eigenvalue weighted by Gasteiger charge is -2.42. The molecule has 2 saturated heterocycles. The number of nitrogens with two attached hydrogens (primary N) is 1. The van der Waals surface area contributed by atoms with E-state index in [0.717, 1.165) is 36.0 Å². The van der Waals surface area contributed by atoms with Gasteiger partial charge in [0, 0.05) is 37.3 Å². The summed E-state index contributed by atoms with van der Waals surface area (Å²) in [5, 5.41) is 85.4. The molecule has 2 aliphatic heterocycles. The van der Waals surface area contributed by atoms with Crippen LogP contribution in [0.25, 0.3) is 22.1 Å². The van der Waals surface area contributed by atoms with Gasteiger partial charge in [-0.15, -0.1) is 5.92 Å². The molecular formula is C37H50N8O14. The number of rotatable bonds is 12. The van der Waals surface area contributed by atoms with Crippen molar-refractivity contribution in [2.45, 2.75) is 101 Å². The number of para-hydroxylation sites is 1. The zero-order chi connectivity index (χ0) is 43.3. The van der Waals surface area contributed by atoms with Crippen molar-refractivity contribution in [3.63, 3.8) is 0 Å². The number of aliphatic hydroxyl groups excluding tert-OH is 8. The molecule has 6 rings (SSSR count). The fourth-order valence-electron chi connectivity index (χ4n) is 6.91. The van der Waals surface area contributed by atoms with Gasteiger partial charge in [-0.1, -0.05) is 24.1 Å². The molecule has 0 unspecified atom stereocenters. The molecule has 22 nitrogen and oxygen atoms in total. The van der Waals surface area contributed by atoms with Crippen LogP contribution in [0, 0.1) is 18.8 Å². The number of piperidine rings is 1. The summed E-state index contributed by atoms with van der Waals surface area (Å²) in [7, 11) is 1.63. The van der Waals surface area contributed by atoms with Crippen LogP contribution in [-0.4, -0.2) is 168 Å². The van der Waals surface area contributed by atoms with Gasteiger partial charge in [0.25, 0.3) is 5.56 Å². The van der Waals surface area contributed by atoms with Crippen molar-refractivity contribution in [2.24, 2.45) is 12.8 Å². The first-order valence-electron chi connectivity index (χ1n) is 18.7. The van der Waals surface area contributed by atoms with E-state index in [0.29, 0.717) is 29.5 Å². The number of hydrogen-bond donors (Lipinski definition) is 10. The van der Waals surface area contributed by atoms with Crippen molar-refractivity contribution in [2.75, 3.05) is 31.2 Å². The van der Waals surface area contributed by atoms with E-state index in [9.17, 15) is 45.0 Å². The molecule has 0 saturated carbocycles. The Kier molecular flexibility index (Phi) is 14.9. The van der Waals surface area contributed by atoms with Crippen molar-refractivity contribution < 1.29 is 60.2 Å². The Labute approximate surface area is 336 Å². The zero-order valence-corrected chi connectivity index (χ0v) is 32.5. The first-order chi connectivity index (χ1) is 28.0. The number of carboxylic acids is 1. The van der Waals surface area contributed by atoms with E-state index in [-0.39, 0.29) is 19.1 Å². The molecule has 10 atom stereocenters. The lowest BCUT2D eigenvalue weighted by molar-refractivity contribution is -0.326. The fraction of sp³-hybridized carbons (Fsp3) is 0.568. The van der Waals surface area contributed by atoms with Gasteiger partial charge in [-0.2, -0.15) is 4.98 Å². The average molecular weight is 831 g/mol. The minimum absolute atomic E-state index is 0.0306. The molecule has 11 N–H and O–H groups in total. The van der Waals surface area contributed by atoms with Gasteiger partial charge < -0.3 is 66.1 Å². The number of aliphatic hydroxyl groups is 8. The van der Waals surface area contributed by atoms with Gasteiger partial charge in [-0.05, 0) is 32.8 Å². The largest absolute Gasteiger partial charge is 0.479 e. The number of aromatic nitrogens is 6. The zero-order valence-electron chi connectivity index (χ0n) is 32.5. The van der Waals surface area contributed by atoms with Gasteiger partial charge in [-0.3, -0.25) is 18.5 Å². The summed E-state index contributed by atoms with van der Waals surface area (Å²) in [4.78, 5) is 53.7. The molecule has 0 amide bonds. The van der Waals surface area contributed by atoms with Crippen LogP contribution in [0.3, 0.4) is 0 Å². The lowest BCUT2D eigenvalue weighted by atomic mass is 9.98. The number of nitrogens with zero attached hydrogens (tertiary/aromatic N) is 7. The van der Waals surface area contributed by atoms with Gasteiger partial charge >= 0.3 is 11.7 Å². The molecule has 322 valence electrons. The first-order valence-corrected chi connectivity index (χ1v) is 18.7. The van der Waals surface area contributed by atoms with E-state index in [1.54, 1.807) is 18.5 Å². The highest BCUT2D eigenvalue weighted by Gasteiger charge is 2.47. The number of aliphatic carboxylic acids is 1. The minimum atomic E-state index is -2.39. The standard InChI is InChI=1S/C25H28N8O2.C12H22O12/c1-4-5-13-32-21-22(29-24(32)31-12-8-9-17(26)14-31)30(3)25(35)33(23(21)34)15-20-27-16(2)18-10-6-7-11-19(18)28-20;13-1-3(15)10(7(18)8(19)11(21)22)24-12-9(20)6(17)5(16)4(2-14)23-12/h6-7,10-11,17H,8-9,12-15,26H2,1-3H3;3-10,12-20H,1-2H2,(H,21,22)/t17-;3-,4-,5+,6+,7-,8-,9-,10-,12+/m11/s1. The molecule has 22 heteroatoms. The molecule has 2 aliphatic rings. The molecule has 0 bridgehead atoms. The number of carboxylic acid groups (broad SMARTS) is 1. The number of aryl methyl sites for hydroxylation is 2. The van der Waals surface area contributed by atoms with Gasteiger partial charge in [0.1, 0.15) is 48.6 Å². The van der Waals surface area contributed by atoms with Crippen LogP contribution in [0.5, 0.6) is 0 Å². The summed E-state index contributed by atoms with van der Waals surface area (Å²) in [6.07, 6.45) is -15.1. The van der Waals surface area contributed by atoms with Gasteiger partial charge in [0.05, 0.1) is 31.8 Å². The second-order valence-electron chi connectivity index (χ2n) is 14.2. The first kappa shape index (κ1) is 45.2. The number of ether oxygens (including phenoxy) is 2. The molecule has 0 spiro atoms. The molecule has 2 fully saturated rings. The number of benzene rings is 1. The predicted molar refractivity (Wildman–Crippen MR) is 207 cm³/mol. The Bertz CT molecular complexity index is 2290. The highest BCUT2D eigenvalue weighted by molar-refractivity contribution is 5.80. The van der Waals surface area contributed by atoms with Gasteiger partial charge in [0.15, 0.2) is 23.6 Å². The maximum atomic E-state index is 13.7. The van der Waals surface area contributed by atoms with Crippen LogP contribution in [0.1, 0.15) is 31.3 Å². The summed E-state index contributed by atoms with van der Waals surface area (Å²) in [6.45, 7) is 3.55. The number of hydrogen-bond acceptors (Lipinski definition) is 18. The Morgan fingerprint density at radius 1 is 1.05 bits per heavy atom. The minimum Gasteiger partial charge on any atom is -0.479 e. The maximum absolute atomic E-state index is 13.7. The van der Waals surface area contributed by atoms with Crippen molar-refractivity contribution in [3.8, 4) is 11.8 Å². The van der Waals surface area contributed by atoms with E-state index in [2.05, 4.69) is 26.7 Å². The van der Waals surface area contributed by atoms with E-state index in [1.807, 2.05) is 31.2 Å². The summed E-state index contributed by atoms with van der Waals surface area (Å²) >= 11 is 0. The summed E-state index contributed by atoms with van der Waals surface area (Å²) in [5.74, 6) is 5.12. The molecule has 5 heterocycles. The molecule has 0 aliphatic carbocycles. The quantitative estimate of drug-likeness (QED) is 0.0601. The van der Waals surface area contributed by atoms with Gasteiger partial charge in [0.2, 0.25) is 5.95 Å². The van der Waals surface area contributed by atoms with Crippen LogP contribution in [0.15, 0.2) is 33.9 Å². The van der Waals surface area contributed by atoms with Crippen molar-refractivity contribution in [1.29, 1.82) is 0 Å². The Morgan fingerprint density at radius 3 is 2.41 bits per heavy atom. The van der Waals surface area contributed by atoms with Crippen molar-refractivity contribution in [1.82, 2.24) is 28.7 Å². The van der Waals surface area contributed by atoms with E-state index in [1.165, 1.54) is 9.13 Å². The molecule has 3 aromatic heterocycles. The Morgan fingerprint density at radius 2 is 1.76 bits per heavy atom. The average Bonchev–Trinajstić information content (AvgIpc) is 3.61. The second kappa shape index (κ2) is 19.4. The lowest BCUT2D eigenvalue weighted by Crippen LogP contribution is -2.61. The third kappa shape index (κ3) is 9.61. The summed E-state index contributed by atoms with van der Waals surface area (Å²) < 4.78 is 14.4. The third-order valence-corrected chi connectivity index (χ3v) is 10.1. The van der Waals surface area contributed by atoms with Crippen LogP contribution < -0.4 is 21.9 Å². The molecule has 1 aromatic carbocycles. The smallest absolute Gasteiger partial charge is 0.335 e. The molecular weight excluding hydrogens is 780 g/mol. The maximum Gasteiger partial charge on any atom is 0.335 e. The highest BCUT2D eigenvalue weighted by atomic mass is 16.7. The normalized spacial score (nSPS) is 24.1. The van der Waals surface area contributed by atoms with E-state index in [4.69, 9.17) is 35.5 Å². The number of fused-ring (bicyclic) bond motifs is 2. The van der Waals surface area contributed by atoms with Crippen LogP contribution in [0.2, 0.25) is 0 Å². The van der Waals surface area contributed by atoms with Crippen molar-refractivity contribution >= 4 is 34.0 Å². The SMILES string of the molecule is CC#CCn1c(N2CCC[C@@H](N)C2)nc2c1c(=O)n(Cc1nc(C)c3ccccc3n1)c(=O)n2C.O=C(O)[C@H](O)[C@@H](O)[C@H](O[C@@H]1O[C@H](CO)[C@H](O)[C@H](O)[C@H]1O)[C@H](O)CO.